The van der Waals surface area contributed by atoms with Crippen molar-refractivity contribution in [2.24, 2.45) is 0 Å². The Morgan fingerprint density at radius 3 is 2.23 bits per heavy atom. The minimum atomic E-state index is -3.92. The van der Waals surface area contributed by atoms with Crippen LogP contribution in [0.15, 0.2) is 70.0 Å². The largest absolute Gasteiger partial charge is 0.486 e. The fourth-order valence-corrected chi connectivity index (χ4v) is 4.61. The van der Waals surface area contributed by atoms with E-state index in [0.717, 1.165) is 5.56 Å². The van der Waals surface area contributed by atoms with E-state index in [-0.39, 0.29) is 21.9 Å². The van der Waals surface area contributed by atoms with Crippen molar-refractivity contribution in [3.05, 3.63) is 81.8 Å². The second-order valence-electron chi connectivity index (χ2n) is 6.77. The number of hydrogen-bond donors (Lipinski definition) is 1. The summed E-state index contributed by atoms with van der Waals surface area (Å²) in [5.74, 6) is 0.433. The lowest BCUT2D eigenvalue weighted by Gasteiger charge is -2.21. The minimum Gasteiger partial charge on any atom is -0.486 e. The third-order valence-corrected chi connectivity index (χ3v) is 6.69. The molecule has 0 fully saturated rings. The highest BCUT2D eigenvalue weighted by Gasteiger charge is 2.25. The second-order valence-corrected chi connectivity index (χ2v) is 9.31. The molecule has 4 rings (SSSR count). The molecule has 1 aliphatic heterocycles. The van der Waals surface area contributed by atoms with Crippen LogP contribution in [0.2, 0.25) is 0 Å². The molecule has 1 N–H and O–H groups in total. The van der Waals surface area contributed by atoms with Crippen LogP contribution in [0.4, 0.5) is 5.69 Å². The van der Waals surface area contributed by atoms with Crippen LogP contribution in [0.1, 0.15) is 21.5 Å². The normalized spacial score (nSPS) is 13.0. The van der Waals surface area contributed by atoms with Gasteiger partial charge in [-0.3, -0.25) is 9.52 Å². The van der Waals surface area contributed by atoms with Crippen molar-refractivity contribution in [2.75, 3.05) is 17.9 Å². The molecule has 6 nitrogen and oxygen atoms in total. The summed E-state index contributed by atoms with van der Waals surface area (Å²) in [6.45, 7) is 2.57. The minimum absolute atomic E-state index is 0.0993. The van der Waals surface area contributed by atoms with Crippen molar-refractivity contribution in [1.29, 1.82) is 0 Å². The standard InChI is InChI=1S/C22H18BrNO5S/c1-14-6-8-15(9-7-14)30(26,27)24-19-13-21-20(28-10-11-29-21)12-17(19)22(25)16-4-2-3-5-18(16)23/h2-9,12-13,24H,10-11H2,1H3. The van der Waals surface area contributed by atoms with Gasteiger partial charge in [0.2, 0.25) is 0 Å². The van der Waals surface area contributed by atoms with Crippen molar-refractivity contribution in [1.82, 2.24) is 0 Å². The van der Waals surface area contributed by atoms with Gasteiger partial charge >= 0.3 is 0 Å². The number of ketones is 1. The smallest absolute Gasteiger partial charge is 0.261 e. The first kappa shape index (κ1) is 20.4. The molecule has 3 aromatic carbocycles. The Morgan fingerprint density at radius 2 is 1.57 bits per heavy atom. The lowest BCUT2D eigenvalue weighted by molar-refractivity contribution is 0.103. The molecule has 8 heteroatoms. The van der Waals surface area contributed by atoms with Gasteiger partial charge in [0.05, 0.1) is 16.1 Å². The molecule has 3 aromatic rings. The lowest BCUT2D eigenvalue weighted by Crippen LogP contribution is -2.19. The number of carbonyl (C=O) groups is 1. The summed E-state index contributed by atoms with van der Waals surface area (Å²) in [4.78, 5) is 13.4. The molecule has 1 heterocycles. The zero-order valence-electron chi connectivity index (χ0n) is 16.0. The molecule has 0 saturated heterocycles. The number of carbonyl (C=O) groups excluding carboxylic acids is 1. The van der Waals surface area contributed by atoms with Gasteiger partial charge in [-0.25, -0.2) is 8.42 Å². The maximum atomic E-state index is 13.3. The van der Waals surface area contributed by atoms with Gasteiger partial charge in [0, 0.05) is 16.1 Å². The van der Waals surface area contributed by atoms with Gasteiger partial charge in [0.1, 0.15) is 13.2 Å². The van der Waals surface area contributed by atoms with E-state index in [4.69, 9.17) is 9.47 Å². The number of nitrogens with one attached hydrogen (secondary N) is 1. The number of benzene rings is 3. The van der Waals surface area contributed by atoms with Crippen molar-refractivity contribution in [3.63, 3.8) is 0 Å². The first-order chi connectivity index (χ1) is 14.3. The fourth-order valence-electron chi connectivity index (χ4n) is 3.07. The topological polar surface area (TPSA) is 81.7 Å². The molecule has 154 valence electrons. The Bertz CT molecular complexity index is 1220. The molecular weight excluding hydrogens is 470 g/mol. The highest BCUT2D eigenvalue weighted by Crippen LogP contribution is 2.38. The van der Waals surface area contributed by atoms with Crippen LogP contribution in [0.5, 0.6) is 11.5 Å². The maximum Gasteiger partial charge on any atom is 0.261 e. The lowest BCUT2D eigenvalue weighted by atomic mass is 10.0. The average molecular weight is 488 g/mol. The molecule has 0 aromatic heterocycles. The summed E-state index contributed by atoms with van der Waals surface area (Å²) in [5.41, 5.74) is 1.64. The van der Waals surface area contributed by atoms with E-state index in [2.05, 4.69) is 20.7 Å². The first-order valence-electron chi connectivity index (χ1n) is 9.17. The van der Waals surface area contributed by atoms with Crippen molar-refractivity contribution < 1.29 is 22.7 Å². The van der Waals surface area contributed by atoms with Crippen LogP contribution in [0.25, 0.3) is 0 Å². The van der Waals surface area contributed by atoms with Gasteiger partial charge in [-0.05, 0) is 37.3 Å². The SMILES string of the molecule is Cc1ccc(S(=O)(=O)Nc2cc3c(cc2C(=O)c2ccccc2Br)OCCO3)cc1. The third-order valence-electron chi connectivity index (χ3n) is 4.62. The Morgan fingerprint density at radius 1 is 0.933 bits per heavy atom. The predicted octanol–water partition coefficient (Wildman–Crippen LogP) is 4.56. The molecule has 0 spiro atoms. The summed E-state index contributed by atoms with van der Waals surface area (Å²) in [7, 11) is -3.92. The van der Waals surface area contributed by atoms with E-state index in [1.54, 1.807) is 36.4 Å². The second kappa shape index (κ2) is 8.12. The number of fused-ring (bicyclic) bond motifs is 1. The highest BCUT2D eigenvalue weighted by molar-refractivity contribution is 9.10. The summed E-state index contributed by atoms with van der Waals surface area (Å²) >= 11 is 3.38. The molecule has 0 saturated carbocycles. The van der Waals surface area contributed by atoms with Crippen LogP contribution in [-0.2, 0) is 10.0 Å². The summed E-state index contributed by atoms with van der Waals surface area (Å²) in [6, 6.07) is 16.4. The van der Waals surface area contributed by atoms with Gasteiger partial charge in [-0.15, -0.1) is 0 Å². The zero-order valence-corrected chi connectivity index (χ0v) is 18.4. The predicted molar refractivity (Wildman–Crippen MR) is 117 cm³/mol. The highest BCUT2D eigenvalue weighted by atomic mass is 79.9. The van der Waals surface area contributed by atoms with E-state index >= 15 is 0 Å². The third kappa shape index (κ3) is 4.06. The monoisotopic (exact) mass is 487 g/mol. The van der Waals surface area contributed by atoms with Crippen molar-refractivity contribution in [3.8, 4) is 11.5 Å². The average Bonchev–Trinajstić information content (AvgIpc) is 2.73. The maximum absolute atomic E-state index is 13.3. The molecule has 0 atom stereocenters. The Balaban J connectivity index is 1.81. The molecule has 0 unspecified atom stereocenters. The van der Waals surface area contributed by atoms with Crippen LogP contribution in [0.3, 0.4) is 0 Å². The Labute approximate surface area is 183 Å². The number of aryl methyl sites for hydroxylation is 1. The molecule has 30 heavy (non-hydrogen) atoms. The van der Waals surface area contributed by atoms with Gasteiger partial charge < -0.3 is 9.47 Å². The fraction of sp³-hybridized carbons (Fsp3) is 0.136. The van der Waals surface area contributed by atoms with E-state index < -0.39 is 10.0 Å². The molecule has 0 radical (unpaired) electrons. The number of hydrogen-bond acceptors (Lipinski definition) is 5. The van der Waals surface area contributed by atoms with Crippen LogP contribution in [0, 0.1) is 6.92 Å². The number of rotatable bonds is 5. The van der Waals surface area contributed by atoms with Gasteiger partial charge in [0.25, 0.3) is 10.0 Å². The molecule has 0 aliphatic carbocycles. The number of ether oxygens (including phenoxy) is 2. The Kier molecular flexibility index (Phi) is 5.53. The van der Waals surface area contributed by atoms with Crippen LogP contribution in [-0.4, -0.2) is 27.4 Å². The number of sulfonamides is 1. The molecular formula is C22H18BrNO5S. The van der Waals surface area contributed by atoms with Crippen LogP contribution < -0.4 is 14.2 Å². The molecule has 0 bridgehead atoms. The van der Waals surface area contributed by atoms with E-state index in [1.165, 1.54) is 24.3 Å². The van der Waals surface area contributed by atoms with Crippen molar-refractivity contribution in [2.45, 2.75) is 11.8 Å². The van der Waals surface area contributed by atoms with Gasteiger partial charge in [-0.1, -0.05) is 45.8 Å². The van der Waals surface area contributed by atoms with E-state index in [0.29, 0.717) is 34.7 Å². The van der Waals surface area contributed by atoms with Gasteiger partial charge in [-0.2, -0.15) is 0 Å². The molecule has 0 amide bonds. The zero-order chi connectivity index (χ0) is 21.3. The quantitative estimate of drug-likeness (QED) is 0.533. The summed E-state index contributed by atoms with van der Waals surface area (Å²) < 4.78 is 40.2. The van der Waals surface area contributed by atoms with E-state index in [9.17, 15) is 13.2 Å². The Hall–Kier alpha value is -2.84. The number of anilines is 1. The summed E-state index contributed by atoms with van der Waals surface area (Å²) in [6.07, 6.45) is 0. The van der Waals surface area contributed by atoms with Gasteiger partial charge in [0.15, 0.2) is 17.3 Å². The van der Waals surface area contributed by atoms with Crippen molar-refractivity contribution >= 4 is 37.4 Å². The first-order valence-corrected chi connectivity index (χ1v) is 11.4. The van der Waals surface area contributed by atoms with Crippen LogP contribution >= 0.6 is 15.9 Å². The summed E-state index contributed by atoms with van der Waals surface area (Å²) in [5, 5.41) is 0. The molecule has 1 aliphatic rings. The van der Waals surface area contributed by atoms with E-state index in [1.807, 2.05) is 6.92 Å². The number of halogens is 1.